The predicted molar refractivity (Wildman–Crippen MR) is 108 cm³/mol. The molecular formula is C21H19BrN2O3. The fraction of sp³-hybridized carbons (Fsp3) is 0.190. The number of aromatic nitrogens is 1. The summed E-state index contributed by atoms with van der Waals surface area (Å²) in [5.74, 6) is -0.693. The van der Waals surface area contributed by atoms with Crippen molar-refractivity contribution in [3.8, 4) is 11.3 Å². The molecule has 1 heterocycles. The lowest BCUT2D eigenvalue weighted by atomic mass is 10.0. The first-order valence-corrected chi connectivity index (χ1v) is 9.35. The summed E-state index contributed by atoms with van der Waals surface area (Å²) in [5.41, 5.74) is 2.84. The van der Waals surface area contributed by atoms with Crippen LogP contribution in [0.2, 0.25) is 0 Å². The molecule has 6 heteroatoms. The number of ether oxygens (including phenoxy) is 1. The molecule has 3 rings (SSSR count). The first-order valence-electron chi connectivity index (χ1n) is 8.56. The van der Waals surface area contributed by atoms with Gasteiger partial charge in [-0.2, -0.15) is 0 Å². The lowest BCUT2D eigenvalue weighted by molar-refractivity contribution is -0.143. The second-order valence-corrected chi connectivity index (χ2v) is 6.96. The highest BCUT2D eigenvalue weighted by atomic mass is 79.9. The van der Waals surface area contributed by atoms with Crippen LogP contribution < -0.4 is 0 Å². The average molecular weight is 427 g/mol. The largest absolute Gasteiger partial charge is 0.465 e. The number of rotatable bonds is 5. The topological polar surface area (TPSA) is 59.5 Å². The molecule has 0 spiro atoms. The van der Waals surface area contributed by atoms with Crippen LogP contribution in [0, 0.1) is 0 Å². The number of carbonyl (C=O) groups excluding carboxylic acids is 2. The maximum absolute atomic E-state index is 13.1. The van der Waals surface area contributed by atoms with Gasteiger partial charge >= 0.3 is 5.97 Å². The van der Waals surface area contributed by atoms with Crippen LogP contribution in [0.25, 0.3) is 22.2 Å². The molecule has 0 radical (unpaired) electrons. The van der Waals surface area contributed by atoms with Gasteiger partial charge in [0.15, 0.2) is 0 Å². The molecular weight excluding hydrogens is 408 g/mol. The van der Waals surface area contributed by atoms with Crippen molar-refractivity contribution >= 4 is 38.7 Å². The Morgan fingerprint density at radius 1 is 1.11 bits per heavy atom. The normalized spacial score (nSPS) is 10.6. The second-order valence-electron chi connectivity index (χ2n) is 6.05. The van der Waals surface area contributed by atoms with Gasteiger partial charge in [-0.05, 0) is 31.2 Å². The maximum Gasteiger partial charge on any atom is 0.325 e. The number of amides is 1. The van der Waals surface area contributed by atoms with E-state index in [1.54, 1.807) is 20.0 Å². The van der Waals surface area contributed by atoms with E-state index in [9.17, 15) is 9.59 Å². The van der Waals surface area contributed by atoms with Gasteiger partial charge in [-0.15, -0.1) is 0 Å². The summed E-state index contributed by atoms with van der Waals surface area (Å²) in [5, 5.41) is 0.727. The van der Waals surface area contributed by atoms with Crippen LogP contribution in [0.1, 0.15) is 17.3 Å². The average Bonchev–Trinajstić information content (AvgIpc) is 2.67. The molecule has 3 aromatic rings. The van der Waals surface area contributed by atoms with Gasteiger partial charge in [0.2, 0.25) is 0 Å². The summed E-state index contributed by atoms with van der Waals surface area (Å²) in [7, 11) is 1.59. The summed E-state index contributed by atoms with van der Waals surface area (Å²) in [6.07, 6.45) is 0. The van der Waals surface area contributed by atoms with Crippen molar-refractivity contribution in [2.24, 2.45) is 0 Å². The molecule has 1 amide bonds. The van der Waals surface area contributed by atoms with Crippen molar-refractivity contribution in [3.63, 3.8) is 0 Å². The molecule has 0 fully saturated rings. The van der Waals surface area contributed by atoms with E-state index in [2.05, 4.69) is 15.9 Å². The minimum Gasteiger partial charge on any atom is -0.465 e. The molecule has 1 aromatic heterocycles. The van der Waals surface area contributed by atoms with Gasteiger partial charge in [-0.1, -0.05) is 46.3 Å². The van der Waals surface area contributed by atoms with E-state index in [0.717, 1.165) is 15.4 Å². The molecule has 0 aliphatic heterocycles. The third kappa shape index (κ3) is 4.34. The fourth-order valence-corrected chi connectivity index (χ4v) is 3.17. The van der Waals surface area contributed by atoms with Crippen molar-refractivity contribution in [2.45, 2.75) is 6.92 Å². The predicted octanol–water partition coefficient (Wildman–Crippen LogP) is 4.30. The Bertz CT molecular complexity index is 989. The molecule has 5 nitrogen and oxygen atoms in total. The third-order valence-electron chi connectivity index (χ3n) is 4.09. The summed E-state index contributed by atoms with van der Waals surface area (Å²) in [6.45, 7) is 1.91. The molecule has 0 aliphatic rings. The first-order chi connectivity index (χ1) is 13.0. The van der Waals surface area contributed by atoms with E-state index in [1.165, 1.54) is 4.90 Å². The Balaban J connectivity index is 2.08. The van der Waals surface area contributed by atoms with Gasteiger partial charge in [0.05, 0.1) is 23.4 Å². The van der Waals surface area contributed by atoms with Crippen molar-refractivity contribution in [1.29, 1.82) is 0 Å². The van der Waals surface area contributed by atoms with Crippen LogP contribution in [0.5, 0.6) is 0 Å². The van der Waals surface area contributed by atoms with Crippen molar-refractivity contribution in [3.05, 3.63) is 64.6 Å². The number of carbonyl (C=O) groups is 2. The van der Waals surface area contributed by atoms with Gasteiger partial charge < -0.3 is 9.64 Å². The first kappa shape index (κ1) is 19.0. The highest BCUT2D eigenvalue weighted by Gasteiger charge is 2.20. The van der Waals surface area contributed by atoms with Crippen molar-refractivity contribution in [1.82, 2.24) is 9.88 Å². The number of pyridine rings is 1. The fourth-order valence-electron chi connectivity index (χ4n) is 2.81. The van der Waals surface area contributed by atoms with Gasteiger partial charge in [-0.3, -0.25) is 9.59 Å². The zero-order valence-corrected chi connectivity index (χ0v) is 16.7. The van der Waals surface area contributed by atoms with Crippen LogP contribution in [-0.4, -0.2) is 42.0 Å². The molecule has 0 aliphatic carbocycles. The highest BCUT2D eigenvalue weighted by molar-refractivity contribution is 9.10. The van der Waals surface area contributed by atoms with Crippen LogP contribution in [0.3, 0.4) is 0 Å². The molecule has 0 saturated carbocycles. The van der Waals surface area contributed by atoms with Gasteiger partial charge in [0.25, 0.3) is 5.91 Å². The summed E-state index contributed by atoms with van der Waals surface area (Å²) in [4.78, 5) is 30.9. The SMILES string of the molecule is CCOC(=O)CN(C)C(=O)c1cc(-c2ccccc2)nc2ccc(Br)cc12. The second kappa shape index (κ2) is 8.31. The Morgan fingerprint density at radius 3 is 2.56 bits per heavy atom. The Labute approximate surface area is 166 Å². The molecule has 0 unspecified atom stereocenters. The molecule has 0 bridgehead atoms. The Hall–Kier alpha value is -2.73. The molecule has 138 valence electrons. The number of benzene rings is 2. The third-order valence-corrected chi connectivity index (χ3v) is 4.58. The van der Waals surface area contributed by atoms with E-state index < -0.39 is 5.97 Å². The Morgan fingerprint density at radius 2 is 1.85 bits per heavy atom. The number of hydrogen-bond acceptors (Lipinski definition) is 4. The summed E-state index contributed by atoms with van der Waals surface area (Å²) >= 11 is 3.45. The smallest absolute Gasteiger partial charge is 0.325 e. The van der Waals surface area contributed by atoms with Crippen LogP contribution >= 0.6 is 15.9 Å². The number of halogens is 1. The van der Waals surface area contributed by atoms with E-state index in [1.807, 2.05) is 48.5 Å². The van der Waals surface area contributed by atoms with E-state index in [0.29, 0.717) is 16.8 Å². The van der Waals surface area contributed by atoms with Crippen LogP contribution in [-0.2, 0) is 9.53 Å². The van der Waals surface area contributed by atoms with Crippen molar-refractivity contribution < 1.29 is 14.3 Å². The number of esters is 1. The maximum atomic E-state index is 13.1. The van der Waals surface area contributed by atoms with Crippen molar-refractivity contribution in [2.75, 3.05) is 20.2 Å². The van der Waals surface area contributed by atoms with E-state index >= 15 is 0 Å². The zero-order chi connectivity index (χ0) is 19.4. The molecule has 27 heavy (non-hydrogen) atoms. The number of hydrogen-bond donors (Lipinski definition) is 0. The number of likely N-dealkylation sites (N-methyl/N-ethyl adjacent to an activating group) is 1. The van der Waals surface area contributed by atoms with Crippen LogP contribution in [0.15, 0.2) is 59.1 Å². The van der Waals surface area contributed by atoms with Gasteiger partial charge in [0.1, 0.15) is 6.54 Å². The summed E-state index contributed by atoms with van der Waals surface area (Å²) in [6, 6.07) is 17.1. The lowest BCUT2D eigenvalue weighted by Gasteiger charge is -2.18. The quantitative estimate of drug-likeness (QED) is 0.570. The molecule has 0 saturated heterocycles. The Kier molecular flexibility index (Phi) is 5.86. The summed E-state index contributed by atoms with van der Waals surface area (Å²) < 4.78 is 5.80. The number of fused-ring (bicyclic) bond motifs is 1. The minimum absolute atomic E-state index is 0.106. The van der Waals surface area contributed by atoms with E-state index in [4.69, 9.17) is 9.72 Å². The highest BCUT2D eigenvalue weighted by Crippen LogP contribution is 2.28. The number of nitrogens with zero attached hydrogens (tertiary/aromatic N) is 2. The van der Waals surface area contributed by atoms with Crippen LogP contribution in [0.4, 0.5) is 0 Å². The van der Waals surface area contributed by atoms with Gasteiger partial charge in [0, 0.05) is 22.5 Å². The molecule has 2 aromatic carbocycles. The standard InChI is InChI=1S/C21H19BrN2O3/c1-3-27-20(25)13-24(2)21(26)17-12-19(14-7-5-4-6-8-14)23-18-10-9-15(22)11-16(17)18/h4-12H,3,13H2,1-2H3. The van der Waals surface area contributed by atoms with Gasteiger partial charge in [-0.25, -0.2) is 4.98 Å². The molecule has 0 N–H and O–H groups in total. The zero-order valence-electron chi connectivity index (χ0n) is 15.1. The monoisotopic (exact) mass is 426 g/mol. The lowest BCUT2D eigenvalue weighted by Crippen LogP contribution is -2.33. The molecule has 0 atom stereocenters. The van der Waals surface area contributed by atoms with E-state index in [-0.39, 0.29) is 19.1 Å². The minimum atomic E-state index is -0.434.